The maximum absolute atomic E-state index is 12.5. The first kappa shape index (κ1) is 19.2. The van der Waals surface area contributed by atoms with E-state index in [-0.39, 0.29) is 0 Å². The molecule has 0 aromatic heterocycles. The number of halogens is 3. The number of benzene rings is 1. The average molecular weight is 334 g/mol. The number of alkyl halides is 3. The molecule has 8 heteroatoms. The van der Waals surface area contributed by atoms with E-state index in [0.29, 0.717) is 25.1 Å². The van der Waals surface area contributed by atoms with Crippen molar-refractivity contribution in [2.45, 2.75) is 31.7 Å². The summed E-state index contributed by atoms with van der Waals surface area (Å²) in [7, 11) is 1.50. The molecule has 130 valence electrons. The number of aliphatic hydroxyl groups excluding tert-OH is 1. The van der Waals surface area contributed by atoms with Gasteiger partial charge in [-0.2, -0.15) is 13.2 Å². The van der Waals surface area contributed by atoms with Crippen molar-refractivity contribution in [3.05, 3.63) is 35.4 Å². The first-order chi connectivity index (χ1) is 10.8. The van der Waals surface area contributed by atoms with Gasteiger partial charge >= 0.3 is 12.2 Å². The second kappa shape index (κ2) is 8.73. The van der Waals surface area contributed by atoms with Crippen molar-refractivity contribution in [2.24, 2.45) is 0 Å². The Hall–Kier alpha value is -1.80. The Morgan fingerprint density at radius 3 is 2.39 bits per heavy atom. The summed E-state index contributed by atoms with van der Waals surface area (Å²) >= 11 is 0. The minimum Gasteiger partial charge on any atom is -0.386 e. The molecular formula is C15H21F3N2O3. The highest BCUT2D eigenvalue weighted by Crippen LogP contribution is 2.30. The van der Waals surface area contributed by atoms with Gasteiger partial charge in [-0.15, -0.1) is 0 Å². The molecule has 0 unspecified atom stereocenters. The molecule has 3 N–H and O–H groups in total. The molecule has 0 aliphatic carbocycles. The van der Waals surface area contributed by atoms with Crippen LogP contribution in [-0.4, -0.2) is 37.4 Å². The Morgan fingerprint density at radius 2 is 1.91 bits per heavy atom. The Bertz CT molecular complexity index is 492. The van der Waals surface area contributed by atoms with Gasteiger partial charge in [-0.3, -0.25) is 0 Å². The van der Waals surface area contributed by atoms with Gasteiger partial charge in [0.15, 0.2) is 0 Å². The van der Waals surface area contributed by atoms with E-state index in [4.69, 9.17) is 4.74 Å². The second-order valence-corrected chi connectivity index (χ2v) is 4.97. The highest BCUT2D eigenvalue weighted by Gasteiger charge is 2.30. The van der Waals surface area contributed by atoms with Crippen molar-refractivity contribution in [2.75, 3.05) is 20.3 Å². The van der Waals surface area contributed by atoms with Crippen molar-refractivity contribution >= 4 is 6.03 Å². The van der Waals surface area contributed by atoms with Gasteiger partial charge < -0.3 is 20.5 Å². The van der Waals surface area contributed by atoms with Crippen LogP contribution in [0.3, 0.4) is 0 Å². The van der Waals surface area contributed by atoms with E-state index in [1.165, 1.54) is 19.2 Å². The largest absolute Gasteiger partial charge is 0.416 e. The van der Waals surface area contributed by atoms with Gasteiger partial charge in [0, 0.05) is 13.7 Å². The van der Waals surface area contributed by atoms with Gasteiger partial charge in [0.1, 0.15) is 0 Å². The van der Waals surface area contributed by atoms with Crippen LogP contribution in [0.25, 0.3) is 0 Å². The Balaban J connectivity index is 2.68. The molecule has 0 aliphatic rings. The molecule has 0 radical (unpaired) electrons. The number of ether oxygens (including phenoxy) is 1. The normalized spacial score (nSPS) is 14.2. The number of amides is 2. The summed E-state index contributed by atoms with van der Waals surface area (Å²) in [6, 6.07) is 3.14. The standard InChI is InChI=1S/C15H21F3N2O3/c1-3-12(20-14(22)19-8-9-23-2)13(21)10-4-6-11(7-5-10)15(16,17)18/h4-7,12-13,21H,3,8-9H2,1-2H3,(H2,19,20,22)/t12-,13-/m1/s1. The number of urea groups is 1. The first-order valence-corrected chi connectivity index (χ1v) is 7.18. The lowest BCUT2D eigenvalue weighted by molar-refractivity contribution is -0.137. The molecule has 1 rings (SSSR count). The number of methoxy groups -OCH3 is 1. The van der Waals surface area contributed by atoms with Gasteiger partial charge in [-0.25, -0.2) is 4.79 Å². The third-order valence-corrected chi connectivity index (χ3v) is 3.31. The van der Waals surface area contributed by atoms with Crippen LogP contribution in [0.5, 0.6) is 0 Å². The first-order valence-electron chi connectivity index (χ1n) is 7.18. The number of rotatable bonds is 7. The highest BCUT2D eigenvalue weighted by atomic mass is 19.4. The quantitative estimate of drug-likeness (QED) is 0.671. The third kappa shape index (κ3) is 6.07. The van der Waals surface area contributed by atoms with Crippen molar-refractivity contribution in [3.63, 3.8) is 0 Å². The fourth-order valence-electron chi connectivity index (χ4n) is 1.99. The zero-order valence-electron chi connectivity index (χ0n) is 13.0. The van der Waals surface area contributed by atoms with E-state index < -0.39 is 29.9 Å². The van der Waals surface area contributed by atoms with Crippen LogP contribution in [0.15, 0.2) is 24.3 Å². The van der Waals surface area contributed by atoms with Crippen LogP contribution >= 0.6 is 0 Å². The van der Waals surface area contributed by atoms with Gasteiger partial charge in [0.25, 0.3) is 0 Å². The summed E-state index contributed by atoms with van der Waals surface area (Å²) in [5, 5.41) is 15.4. The molecule has 23 heavy (non-hydrogen) atoms. The lowest BCUT2D eigenvalue weighted by Gasteiger charge is -2.23. The van der Waals surface area contributed by atoms with Crippen LogP contribution in [-0.2, 0) is 10.9 Å². The van der Waals surface area contributed by atoms with Crippen LogP contribution in [0.1, 0.15) is 30.6 Å². The van der Waals surface area contributed by atoms with Crippen LogP contribution in [0, 0.1) is 0 Å². The highest BCUT2D eigenvalue weighted by molar-refractivity contribution is 5.74. The maximum Gasteiger partial charge on any atom is 0.416 e. The van der Waals surface area contributed by atoms with Crippen molar-refractivity contribution in [1.29, 1.82) is 0 Å². The topological polar surface area (TPSA) is 70.6 Å². The average Bonchev–Trinajstić information content (AvgIpc) is 2.51. The number of carbonyl (C=O) groups is 1. The predicted molar refractivity (Wildman–Crippen MR) is 78.9 cm³/mol. The Kier molecular flexibility index (Phi) is 7.31. The molecular weight excluding hydrogens is 313 g/mol. The molecule has 0 heterocycles. The smallest absolute Gasteiger partial charge is 0.386 e. The van der Waals surface area contributed by atoms with E-state index in [9.17, 15) is 23.1 Å². The van der Waals surface area contributed by atoms with Crippen molar-refractivity contribution < 1.29 is 27.8 Å². The summed E-state index contributed by atoms with van der Waals surface area (Å²) < 4.78 is 42.4. The van der Waals surface area contributed by atoms with Crippen LogP contribution in [0.4, 0.5) is 18.0 Å². The lowest BCUT2D eigenvalue weighted by atomic mass is 9.99. The SMILES string of the molecule is CC[C@@H](NC(=O)NCCOC)[C@H](O)c1ccc(C(F)(F)F)cc1. The molecule has 2 atom stereocenters. The molecule has 5 nitrogen and oxygen atoms in total. The minimum absolute atomic E-state index is 0.307. The van der Waals surface area contributed by atoms with E-state index >= 15 is 0 Å². The Morgan fingerprint density at radius 1 is 1.30 bits per heavy atom. The van der Waals surface area contributed by atoms with Gasteiger partial charge in [-0.05, 0) is 24.1 Å². The van der Waals surface area contributed by atoms with Crippen LogP contribution < -0.4 is 10.6 Å². The fraction of sp³-hybridized carbons (Fsp3) is 0.533. The number of hydrogen-bond acceptors (Lipinski definition) is 3. The monoisotopic (exact) mass is 334 g/mol. The maximum atomic E-state index is 12.5. The summed E-state index contributed by atoms with van der Waals surface area (Å²) in [6.07, 6.45) is -5.11. The summed E-state index contributed by atoms with van der Waals surface area (Å²) in [6.45, 7) is 2.42. The zero-order valence-corrected chi connectivity index (χ0v) is 13.0. The molecule has 0 saturated carbocycles. The molecule has 0 saturated heterocycles. The summed E-state index contributed by atoms with van der Waals surface area (Å²) in [5.41, 5.74) is -0.478. The van der Waals surface area contributed by atoms with Crippen LogP contribution in [0.2, 0.25) is 0 Å². The minimum atomic E-state index is -4.42. The number of nitrogens with one attached hydrogen (secondary N) is 2. The molecule has 0 fully saturated rings. The van der Waals surface area contributed by atoms with E-state index in [1.807, 2.05) is 0 Å². The lowest BCUT2D eigenvalue weighted by Crippen LogP contribution is -2.45. The molecule has 1 aromatic rings. The zero-order chi connectivity index (χ0) is 17.5. The van der Waals surface area contributed by atoms with Gasteiger partial charge in [-0.1, -0.05) is 19.1 Å². The predicted octanol–water partition coefficient (Wildman–Crippen LogP) is 2.46. The van der Waals surface area contributed by atoms with E-state index in [2.05, 4.69) is 10.6 Å². The molecule has 0 spiro atoms. The number of hydrogen-bond donors (Lipinski definition) is 3. The molecule has 0 aliphatic heterocycles. The van der Waals surface area contributed by atoms with Gasteiger partial charge in [0.05, 0.1) is 24.3 Å². The van der Waals surface area contributed by atoms with E-state index in [0.717, 1.165) is 12.1 Å². The summed E-state index contributed by atoms with van der Waals surface area (Å²) in [5.74, 6) is 0. The second-order valence-electron chi connectivity index (χ2n) is 4.97. The third-order valence-electron chi connectivity index (χ3n) is 3.31. The number of carbonyl (C=O) groups excluding carboxylic acids is 1. The molecule has 0 bridgehead atoms. The fourth-order valence-corrected chi connectivity index (χ4v) is 1.99. The van der Waals surface area contributed by atoms with E-state index in [1.54, 1.807) is 6.92 Å². The summed E-state index contributed by atoms with van der Waals surface area (Å²) in [4.78, 5) is 11.7. The van der Waals surface area contributed by atoms with Crippen molar-refractivity contribution in [1.82, 2.24) is 10.6 Å². The number of aliphatic hydroxyl groups is 1. The molecule has 2 amide bonds. The Labute approximate surface area is 132 Å². The van der Waals surface area contributed by atoms with Gasteiger partial charge in [0.2, 0.25) is 0 Å². The molecule has 1 aromatic carbocycles. The van der Waals surface area contributed by atoms with Crippen molar-refractivity contribution in [3.8, 4) is 0 Å².